The number of hydrogen-bond donors (Lipinski definition) is 3. The third kappa shape index (κ3) is 9.95. The minimum absolute atomic E-state index is 0.0354. The summed E-state index contributed by atoms with van der Waals surface area (Å²) < 4.78 is 77.9. The average molecular weight is 1070 g/mol. The second kappa shape index (κ2) is 20.9. The number of carbonyl (C=O) groups is 7. The van der Waals surface area contributed by atoms with Crippen LogP contribution in [0.25, 0.3) is 5.53 Å². The number of fused-ring (bicyclic) bond motifs is 5. The molecule has 4 aromatic rings. The Hall–Kier alpha value is -7.84. The first-order valence-corrected chi connectivity index (χ1v) is 24.4. The third-order valence-corrected chi connectivity index (χ3v) is 15.5. The monoisotopic (exact) mass is 1070 g/mol. The molecule has 1 amide bonds. The second-order valence-electron chi connectivity index (χ2n) is 20.3. The molecule has 2 bridgehead atoms. The van der Waals surface area contributed by atoms with E-state index in [-0.39, 0.29) is 27.8 Å². The highest BCUT2D eigenvalue weighted by molar-refractivity contribution is 6.02. The van der Waals surface area contributed by atoms with Crippen molar-refractivity contribution < 1.29 is 90.2 Å². The number of carbonyl (C=O) groups excluding carboxylic acids is 7. The van der Waals surface area contributed by atoms with Crippen LogP contribution in [-0.2, 0) is 47.6 Å². The molecule has 8 rings (SSSR count). The number of benzene rings is 4. The SMILES string of the molecule is CC(=O)O[C@H]1C(=O)[C@]2(C)[C@@H](OC(=O)c3ccc(C(=[N+]=[N-])C(F)(F)F)cc3)C[C@H]3OC[C@@]3(OC(C)=O)[C@H]2[C@H](OC(=O)c2ccccc2)[C@]2(O)C[C@H](OC(=O)[C@H](O)[C@@H](NC(=O)c3ccccc3)c3ccccc3)C(C)=C1C2(C)C. The predicted molar refractivity (Wildman–Crippen MR) is 261 cm³/mol. The summed E-state index contributed by atoms with van der Waals surface area (Å²) in [6.45, 7) is 7.26. The molecule has 1 saturated heterocycles. The highest BCUT2D eigenvalue weighted by Gasteiger charge is 2.79. The molecule has 21 heteroatoms. The van der Waals surface area contributed by atoms with Gasteiger partial charge in [-0.2, -0.15) is 18.0 Å². The summed E-state index contributed by atoms with van der Waals surface area (Å²) in [5.74, 6) is -9.06. The number of amides is 1. The minimum Gasteiger partial charge on any atom is -0.458 e. The summed E-state index contributed by atoms with van der Waals surface area (Å²) in [7, 11) is 0. The molecule has 0 radical (unpaired) electrons. The number of ketones is 1. The first kappa shape index (κ1) is 55.4. The van der Waals surface area contributed by atoms with Crippen LogP contribution in [0.15, 0.2) is 126 Å². The molecular formula is C56H54F3N3O15. The quantitative estimate of drug-likeness (QED) is 0.0337. The zero-order valence-electron chi connectivity index (χ0n) is 42.4. The summed E-state index contributed by atoms with van der Waals surface area (Å²) in [6, 6.07) is 25.7. The zero-order chi connectivity index (χ0) is 56.0. The maximum absolute atomic E-state index is 16.3. The Morgan fingerprint density at radius 3 is 1.84 bits per heavy atom. The van der Waals surface area contributed by atoms with Crippen molar-refractivity contribution in [2.24, 2.45) is 16.7 Å². The molecule has 1 heterocycles. The number of halogens is 3. The van der Waals surface area contributed by atoms with Gasteiger partial charge in [-0.05, 0) is 79.1 Å². The first-order chi connectivity index (χ1) is 36.3. The van der Waals surface area contributed by atoms with Gasteiger partial charge >= 0.3 is 41.7 Å². The van der Waals surface area contributed by atoms with Gasteiger partial charge in [-0.15, -0.1) is 0 Å². The van der Waals surface area contributed by atoms with Gasteiger partial charge in [0, 0.05) is 37.7 Å². The summed E-state index contributed by atoms with van der Waals surface area (Å²) >= 11 is 0. The van der Waals surface area contributed by atoms with Gasteiger partial charge in [0.05, 0.1) is 40.7 Å². The van der Waals surface area contributed by atoms with E-state index in [0.29, 0.717) is 5.56 Å². The van der Waals surface area contributed by atoms with Gasteiger partial charge < -0.3 is 49.5 Å². The molecular weight excluding hydrogens is 1010 g/mol. The van der Waals surface area contributed by atoms with E-state index < -0.39 is 149 Å². The third-order valence-electron chi connectivity index (χ3n) is 15.5. The van der Waals surface area contributed by atoms with Crippen LogP contribution in [-0.4, -0.2) is 123 Å². The molecule has 0 spiro atoms. The Bertz CT molecular complexity index is 3080. The van der Waals surface area contributed by atoms with E-state index in [9.17, 15) is 52.2 Å². The number of esters is 5. The van der Waals surface area contributed by atoms with Gasteiger partial charge in [0.15, 0.2) is 23.6 Å². The molecule has 0 unspecified atom stereocenters. The highest BCUT2D eigenvalue weighted by atomic mass is 19.4. The average Bonchev–Trinajstić information content (AvgIpc) is 3.48. The summed E-state index contributed by atoms with van der Waals surface area (Å²) in [5, 5.41) is 28.7. The van der Waals surface area contributed by atoms with Gasteiger partial charge in [0.2, 0.25) is 0 Å². The maximum atomic E-state index is 16.3. The molecule has 2 saturated carbocycles. The van der Waals surface area contributed by atoms with Crippen molar-refractivity contribution in [1.29, 1.82) is 0 Å². The molecule has 3 aliphatic carbocycles. The Morgan fingerprint density at radius 2 is 1.31 bits per heavy atom. The lowest BCUT2D eigenvalue weighted by Crippen LogP contribution is -2.82. The van der Waals surface area contributed by atoms with Crippen LogP contribution >= 0.6 is 0 Å². The van der Waals surface area contributed by atoms with Crippen molar-refractivity contribution in [3.05, 3.63) is 160 Å². The fraction of sp³-hybridized carbons (Fsp3) is 0.393. The Labute approximate surface area is 439 Å². The number of alkyl halides is 3. The van der Waals surface area contributed by atoms with Crippen LogP contribution < -0.4 is 5.32 Å². The molecule has 3 fully saturated rings. The lowest BCUT2D eigenvalue weighted by molar-refractivity contribution is -0.345. The molecule has 0 aromatic heterocycles. The Balaban J connectivity index is 1.30. The van der Waals surface area contributed by atoms with Crippen molar-refractivity contribution in [1.82, 2.24) is 5.32 Å². The summed E-state index contributed by atoms with van der Waals surface area (Å²) in [5.41, 5.74) is -1.98. The topological polar surface area (TPSA) is 264 Å². The van der Waals surface area contributed by atoms with Gasteiger partial charge in [0.25, 0.3) is 5.91 Å². The number of rotatable bonds is 13. The van der Waals surface area contributed by atoms with E-state index >= 15 is 4.79 Å². The lowest BCUT2D eigenvalue weighted by atomic mass is 9.44. The summed E-state index contributed by atoms with van der Waals surface area (Å²) in [4.78, 5) is 103. The molecule has 4 aliphatic rings. The number of hydrogen-bond acceptors (Lipinski definition) is 15. The highest BCUT2D eigenvalue weighted by Crippen LogP contribution is 2.65. The molecule has 1 aliphatic heterocycles. The standard InChI is InChI=1S/C56H54F3N3O15/c1-29-37(74-51(70)42(65)41(32-16-10-7-11-17-32)61-48(67)34-18-12-8-13-19-34)27-55(71)47(76-50(69)35-20-14-9-15-21-35)44-53(6,46(66)43(73-30(2)63)40(29)52(55,4)5)38(26-39-54(44,28-72-39)77-31(3)64)75-49(68)36-24-22-33(23-25-36)45(62-60)56(57,58)59/h7-25,37-39,41-44,47,65,71H,26-28H2,1-6H3,(H,61,67)/t37-,38-,39+,41-,42+,43+,44-,47-,53+,54-,55+/m0/s1. The molecule has 18 nitrogen and oxygen atoms in total. The van der Waals surface area contributed by atoms with Gasteiger partial charge in [0.1, 0.15) is 30.0 Å². The fourth-order valence-corrected chi connectivity index (χ4v) is 11.6. The number of nitrogens with one attached hydrogen (secondary N) is 1. The van der Waals surface area contributed by atoms with Crippen molar-refractivity contribution in [3.63, 3.8) is 0 Å². The van der Waals surface area contributed by atoms with Crippen LogP contribution in [0.2, 0.25) is 0 Å². The molecule has 3 N–H and O–H groups in total. The minimum atomic E-state index is -5.09. The molecule has 77 heavy (non-hydrogen) atoms. The van der Waals surface area contributed by atoms with Crippen LogP contribution in [0, 0.1) is 16.7 Å². The van der Waals surface area contributed by atoms with Crippen LogP contribution in [0.5, 0.6) is 0 Å². The first-order valence-electron chi connectivity index (χ1n) is 24.4. The van der Waals surface area contributed by atoms with E-state index in [1.54, 1.807) is 54.6 Å². The van der Waals surface area contributed by atoms with Gasteiger partial charge in [-0.25, -0.2) is 14.4 Å². The second-order valence-corrected chi connectivity index (χ2v) is 20.3. The van der Waals surface area contributed by atoms with E-state index in [4.69, 9.17) is 34.0 Å². The molecule has 11 atom stereocenters. The normalized spacial score (nSPS) is 27.9. The predicted octanol–water partition coefficient (Wildman–Crippen LogP) is 6.18. The van der Waals surface area contributed by atoms with Crippen molar-refractivity contribution in [2.75, 3.05) is 6.61 Å². The number of nitrogens with zero attached hydrogens (tertiary/aromatic N) is 2. The van der Waals surface area contributed by atoms with Gasteiger partial charge in [-0.1, -0.05) is 80.6 Å². The van der Waals surface area contributed by atoms with E-state index in [1.807, 2.05) is 0 Å². The van der Waals surface area contributed by atoms with Crippen molar-refractivity contribution in [3.8, 4) is 0 Å². The lowest BCUT2D eigenvalue weighted by Gasteiger charge is -2.67. The zero-order valence-corrected chi connectivity index (χ0v) is 42.4. The van der Waals surface area contributed by atoms with Crippen LogP contribution in [0.4, 0.5) is 13.2 Å². The van der Waals surface area contributed by atoms with E-state index in [0.717, 1.165) is 38.1 Å². The maximum Gasteiger partial charge on any atom is 0.495 e. The van der Waals surface area contributed by atoms with Crippen LogP contribution in [0.1, 0.15) is 103 Å². The van der Waals surface area contributed by atoms with Crippen molar-refractivity contribution >= 4 is 47.2 Å². The molecule has 404 valence electrons. The van der Waals surface area contributed by atoms with Crippen LogP contribution in [0.3, 0.4) is 0 Å². The Morgan fingerprint density at radius 1 is 0.766 bits per heavy atom. The van der Waals surface area contributed by atoms with E-state index in [1.165, 1.54) is 64.1 Å². The smallest absolute Gasteiger partial charge is 0.458 e. The molecule has 4 aromatic carbocycles. The number of aliphatic hydroxyl groups is 2. The Kier molecular flexibility index (Phi) is 15.1. The fourth-order valence-electron chi connectivity index (χ4n) is 11.6. The number of aliphatic hydroxyl groups excluding tert-OH is 1. The van der Waals surface area contributed by atoms with E-state index in [2.05, 4.69) is 10.1 Å². The summed E-state index contributed by atoms with van der Waals surface area (Å²) in [6.07, 6.45) is -17.1. The largest absolute Gasteiger partial charge is 0.495 e. The number of Topliss-reactive ketones (excluding diaryl/α,β-unsaturated/α-hetero) is 1. The number of ether oxygens (including phenoxy) is 6. The van der Waals surface area contributed by atoms with Crippen molar-refractivity contribution in [2.45, 2.75) is 114 Å². The van der Waals surface area contributed by atoms with Gasteiger partial charge in [-0.3, -0.25) is 19.2 Å².